The van der Waals surface area contributed by atoms with E-state index in [-0.39, 0.29) is 5.91 Å². The van der Waals surface area contributed by atoms with Crippen molar-refractivity contribution in [3.63, 3.8) is 0 Å². The minimum Gasteiger partial charge on any atom is -0.351 e. The summed E-state index contributed by atoms with van der Waals surface area (Å²) in [7, 11) is 0. The van der Waals surface area contributed by atoms with Crippen LogP contribution in [0.5, 0.6) is 0 Å². The lowest BCUT2D eigenvalue weighted by Crippen LogP contribution is -2.19. The summed E-state index contributed by atoms with van der Waals surface area (Å²) in [6, 6.07) is 11.8. The number of anilines is 2. The predicted molar refractivity (Wildman–Crippen MR) is 92.0 cm³/mol. The second-order valence-corrected chi connectivity index (χ2v) is 6.05. The van der Waals surface area contributed by atoms with Crippen molar-refractivity contribution in [2.24, 2.45) is 5.73 Å². The van der Waals surface area contributed by atoms with Crippen LogP contribution in [0.2, 0.25) is 0 Å². The molecule has 0 radical (unpaired) electrons. The lowest BCUT2D eigenvalue weighted by Gasteiger charge is -2.05. The van der Waals surface area contributed by atoms with Crippen LogP contribution in [0.15, 0.2) is 42.5 Å². The van der Waals surface area contributed by atoms with Gasteiger partial charge in [-0.05, 0) is 42.8 Å². The SMILES string of the molecule is Cc1ccc2nc(NC(=O)c3cccc(NC(N)=O)c3)sc2c1. The normalized spacial score (nSPS) is 10.5. The van der Waals surface area contributed by atoms with Crippen LogP contribution >= 0.6 is 11.3 Å². The Labute approximate surface area is 136 Å². The molecule has 3 aromatic rings. The number of amides is 3. The van der Waals surface area contributed by atoms with Crippen LogP contribution in [0.25, 0.3) is 10.2 Å². The number of primary amides is 1. The molecule has 3 rings (SSSR count). The van der Waals surface area contributed by atoms with Crippen molar-refractivity contribution >= 4 is 44.3 Å². The molecule has 7 heteroatoms. The first-order valence-electron chi connectivity index (χ1n) is 6.86. The summed E-state index contributed by atoms with van der Waals surface area (Å²) in [5.41, 5.74) is 7.93. The lowest BCUT2D eigenvalue weighted by atomic mass is 10.2. The van der Waals surface area contributed by atoms with Gasteiger partial charge in [0.1, 0.15) is 0 Å². The molecule has 116 valence electrons. The van der Waals surface area contributed by atoms with Crippen molar-refractivity contribution < 1.29 is 9.59 Å². The summed E-state index contributed by atoms with van der Waals surface area (Å²) in [5, 5.41) is 5.74. The highest BCUT2D eigenvalue weighted by molar-refractivity contribution is 7.22. The van der Waals surface area contributed by atoms with E-state index in [1.807, 2.05) is 25.1 Å². The standard InChI is InChI=1S/C16H14N4O2S/c1-9-5-6-12-13(7-9)23-16(19-12)20-14(21)10-3-2-4-11(8-10)18-15(17)22/h2-8H,1H3,(H3,17,18,22)(H,19,20,21). The number of hydrogen-bond donors (Lipinski definition) is 3. The van der Waals surface area contributed by atoms with Crippen LogP contribution in [-0.2, 0) is 0 Å². The number of carbonyl (C=O) groups is 2. The molecule has 1 heterocycles. The average molecular weight is 326 g/mol. The summed E-state index contributed by atoms with van der Waals surface area (Å²) < 4.78 is 1.02. The Hall–Kier alpha value is -2.93. The van der Waals surface area contributed by atoms with Gasteiger partial charge in [-0.15, -0.1) is 0 Å². The molecule has 0 bridgehead atoms. The monoisotopic (exact) mass is 326 g/mol. The number of aromatic nitrogens is 1. The first-order valence-corrected chi connectivity index (χ1v) is 7.68. The Kier molecular flexibility index (Phi) is 3.94. The Balaban J connectivity index is 1.81. The topological polar surface area (TPSA) is 97.1 Å². The molecule has 0 spiro atoms. The molecule has 0 saturated heterocycles. The van der Waals surface area contributed by atoms with Gasteiger partial charge in [0.25, 0.3) is 5.91 Å². The second kappa shape index (κ2) is 6.05. The molecular weight excluding hydrogens is 312 g/mol. The van der Waals surface area contributed by atoms with E-state index in [1.165, 1.54) is 11.3 Å². The summed E-state index contributed by atoms with van der Waals surface area (Å²) >= 11 is 1.42. The van der Waals surface area contributed by atoms with Gasteiger partial charge in [-0.2, -0.15) is 0 Å². The maximum absolute atomic E-state index is 12.3. The predicted octanol–water partition coefficient (Wildman–Crippen LogP) is 3.35. The fourth-order valence-electron chi connectivity index (χ4n) is 2.14. The van der Waals surface area contributed by atoms with E-state index >= 15 is 0 Å². The molecule has 0 aliphatic carbocycles. The van der Waals surface area contributed by atoms with E-state index in [9.17, 15) is 9.59 Å². The van der Waals surface area contributed by atoms with E-state index in [4.69, 9.17) is 5.73 Å². The van der Waals surface area contributed by atoms with Gasteiger partial charge >= 0.3 is 6.03 Å². The Morgan fingerprint density at radius 2 is 1.96 bits per heavy atom. The highest BCUT2D eigenvalue weighted by atomic mass is 32.1. The number of nitrogens with one attached hydrogen (secondary N) is 2. The second-order valence-electron chi connectivity index (χ2n) is 5.01. The van der Waals surface area contributed by atoms with Gasteiger partial charge in [0.05, 0.1) is 10.2 Å². The van der Waals surface area contributed by atoms with Gasteiger partial charge < -0.3 is 11.1 Å². The van der Waals surface area contributed by atoms with E-state index in [0.29, 0.717) is 16.4 Å². The summed E-state index contributed by atoms with van der Waals surface area (Å²) in [6.45, 7) is 2.01. The van der Waals surface area contributed by atoms with Crippen molar-refractivity contribution in [2.45, 2.75) is 6.92 Å². The molecule has 0 atom stereocenters. The third-order valence-corrected chi connectivity index (χ3v) is 4.09. The van der Waals surface area contributed by atoms with Crippen LogP contribution in [0.3, 0.4) is 0 Å². The van der Waals surface area contributed by atoms with Crippen LogP contribution in [-0.4, -0.2) is 16.9 Å². The maximum atomic E-state index is 12.3. The third kappa shape index (κ3) is 3.46. The fraction of sp³-hybridized carbons (Fsp3) is 0.0625. The molecule has 4 N–H and O–H groups in total. The quantitative estimate of drug-likeness (QED) is 0.688. The zero-order chi connectivity index (χ0) is 16.4. The Morgan fingerprint density at radius 1 is 1.13 bits per heavy atom. The van der Waals surface area contributed by atoms with Gasteiger partial charge in [0.2, 0.25) is 0 Å². The van der Waals surface area contributed by atoms with Gasteiger partial charge in [0, 0.05) is 11.3 Å². The first kappa shape index (κ1) is 15.0. The number of benzene rings is 2. The van der Waals surface area contributed by atoms with Crippen LogP contribution in [0, 0.1) is 6.92 Å². The van der Waals surface area contributed by atoms with Gasteiger partial charge in [0.15, 0.2) is 5.13 Å². The Bertz CT molecular complexity index is 904. The van der Waals surface area contributed by atoms with Crippen LogP contribution < -0.4 is 16.4 Å². The number of thiazole rings is 1. The molecule has 0 unspecified atom stereocenters. The van der Waals surface area contributed by atoms with E-state index < -0.39 is 6.03 Å². The minimum absolute atomic E-state index is 0.297. The number of carbonyl (C=O) groups excluding carboxylic acids is 2. The van der Waals surface area contributed by atoms with Gasteiger partial charge in [-0.25, -0.2) is 9.78 Å². The fourth-order valence-corrected chi connectivity index (χ4v) is 3.09. The molecule has 3 amide bonds. The zero-order valence-electron chi connectivity index (χ0n) is 12.3. The number of aryl methyl sites for hydroxylation is 1. The number of hydrogen-bond acceptors (Lipinski definition) is 4. The molecule has 2 aromatic carbocycles. The highest BCUT2D eigenvalue weighted by Gasteiger charge is 2.11. The molecule has 0 saturated carbocycles. The van der Waals surface area contributed by atoms with Crippen molar-refractivity contribution in [3.8, 4) is 0 Å². The number of urea groups is 1. The first-order chi connectivity index (χ1) is 11.0. The molecule has 1 aromatic heterocycles. The molecule has 0 aliphatic rings. The lowest BCUT2D eigenvalue weighted by molar-refractivity contribution is 0.102. The van der Waals surface area contributed by atoms with E-state index in [1.54, 1.807) is 24.3 Å². The summed E-state index contributed by atoms with van der Waals surface area (Å²) in [6.07, 6.45) is 0. The zero-order valence-corrected chi connectivity index (χ0v) is 13.1. The third-order valence-electron chi connectivity index (χ3n) is 3.16. The molecule has 0 aliphatic heterocycles. The number of fused-ring (bicyclic) bond motifs is 1. The van der Waals surface area contributed by atoms with Crippen molar-refractivity contribution in [1.29, 1.82) is 0 Å². The highest BCUT2D eigenvalue weighted by Crippen LogP contribution is 2.27. The number of rotatable bonds is 3. The van der Waals surface area contributed by atoms with E-state index in [2.05, 4.69) is 15.6 Å². The molecular formula is C16H14N4O2S. The van der Waals surface area contributed by atoms with Crippen molar-refractivity contribution in [1.82, 2.24) is 4.98 Å². The molecule has 23 heavy (non-hydrogen) atoms. The summed E-state index contributed by atoms with van der Waals surface area (Å²) in [5.74, 6) is -0.297. The van der Waals surface area contributed by atoms with Crippen LogP contribution in [0.1, 0.15) is 15.9 Å². The average Bonchev–Trinajstić information content (AvgIpc) is 2.88. The van der Waals surface area contributed by atoms with Crippen LogP contribution in [0.4, 0.5) is 15.6 Å². The smallest absolute Gasteiger partial charge is 0.316 e. The number of nitrogens with zero attached hydrogens (tertiary/aromatic N) is 1. The van der Waals surface area contributed by atoms with E-state index in [0.717, 1.165) is 15.8 Å². The minimum atomic E-state index is -0.677. The van der Waals surface area contributed by atoms with Crippen molar-refractivity contribution in [3.05, 3.63) is 53.6 Å². The van der Waals surface area contributed by atoms with Gasteiger partial charge in [-0.1, -0.05) is 23.5 Å². The molecule has 6 nitrogen and oxygen atoms in total. The van der Waals surface area contributed by atoms with Gasteiger partial charge in [-0.3, -0.25) is 10.1 Å². The number of nitrogens with two attached hydrogens (primary N) is 1. The summed E-state index contributed by atoms with van der Waals surface area (Å²) in [4.78, 5) is 27.6. The Morgan fingerprint density at radius 3 is 2.74 bits per heavy atom. The maximum Gasteiger partial charge on any atom is 0.316 e. The van der Waals surface area contributed by atoms with Crippen molar-refractivity contribution in [2.75, 3.05) is 10.6 Å². The molecule has 0 fully saturated rings. The largest absolute Gasteiger partial charge is 0.351 e.